The van der Waals surface area contributed by atoms with Gasteiger partial charge in [-0.25, -0.2) is 0 Å². The normalized spacial score (nSPS) is 39.5. The minimum atomic E-state index is -1.80. The standard InChI is InChI=1S/C40H56N2O22S2/c43-11-19-25(49)27(51)31(55)37(59-19)63-35-21(13-45)61-39(33(57)29(35)53)65-17-5-1-15(2-6-17)41-23(47)9-10-24(48)42-16-3-7-18(8-4-16)66-40-34(58)30(54)36(22(14-46)62-40)64-38-32(56)28(52)26(50)20(12-44)60-38/h1-8,19-22,25-40,43-46,49-58H,9-14H2,(H,41,47)(H,42,48)/t19-,20-,21-,22-,25-,26-,27+,28+,29-,30-,31-,32-,33-,34-,35-,36-,37+,38+,39+,40+/m1/s1. The van der Waals surface area contributed by atoms with Crippen LogP contribution in [0.1, 0.15) is 12.8 Å². The fourth-order valence-electron chi connectivity index (χ4n) is 7.48. The van der Waals surface area contributed by atoms with E-state index in [1.807, 2.05) is 0 Å². The molecule has 20 atom stereocenters. The maximum Gasteiger partial charge on any atom is 0.224 e. The molecule has 4 fully saturated rings. The molecule has 4 saturated heterocycles. The van der Waals surface area contributed by atoms with Gasteiger partial charge in [-0.15, -0.1) is 0 Å². The van der Waals surface area contributed by atoms with Crippen molar-refractivity contribution in [2.24, 2.45) is 0 Å². The van der Waals surface area contributed by atoms with Crippen LogP contribution in [0.2, 0.25) is 0 Å². The lowest BCUT2D eigenvalue weighted by atomic mass is 9.97. The molecule has 4 aliphatic heterocycles. The van der Waals surface area contributed by atoms with Gasteiger partial charge in [0.05, 0.1) is 26.4 Å². The number of rotatable bonds is 17. The molecule has 2 amide bonds. The zero-order chi connectivity index (χ0) is 48.0. The van der Waals surface area contributed by atoms with Gasteiger partial charge in [0.2, 0.25) is 11.8 Å². The second kappa shape index (κ2) is 23.7. The summed E-state index contributed by atoms with van der Waals surface area (Å²) in [6.45, 7) is -2.83. The van der Waals surface area contributed by atoms with Gasteiger partial charge in [-0.1, -0.05) is 23.5 Å². The molecule has 0 unspecified atom stereocenters. The average molecular weight is 981 g/mol. The highest BCUT2D eigenvalue weighted by Gasteiger charge is 2.52. The molecule has 0 radical (unpaired) electrons. The maximum absolute atomic E-state index is 12.7. The summed E-state index contributed by atoms with van der Waals surface area (Å²) in [5.41, 5.74) is -1.49. The van der Waals surface area contributed by atoms with Crippen molar-refractivity contribution in [1.82, 2.24) is 0 Å². The Morgan fingerprint density at radius 2 is 0.773 bits per heavy atom. The predicted molar refractivity (Wildman–Crippen MR) is 224 cm³/mol. The van der Waals surface area contributed by atoms with E-state index < -0.39 is 159 Å². The highest BCUT2D eigenvalue weighted by atomic mass is 32.2. The van der Waals surface area contributed by atoms with Crippen LogP contribution in [-0.2, 0) is 38.0 Å². The van der Waals surface area contributed by atoms with Crippen LogP contribution in [0.4, 0.5) is 11.4 Å². The van der Waals surface area contributed by atoms with Crippen molar-refractivity contribution < 1.29 is 110 Å². The molecule has 4 heterocycles. The number of amides is 2. The molecule has 26 heteroatoms. The van der Waals surface area contributed by atoms with Crippen molar-refractivity contribution in [3.63, 3.8) is 0 Å². The number of carbonyl (C=O) groups is 2. The first-order chi connectivity index (χ1) is 31.5. The lowest BCUT2D eigenvalue weighted by molar-refractivity contribution is -0.338. The Morgan fingerprint density at radius 3 is 1.09 bits per heavy atom. The van der Waals surface area contributed by atoms with Crippen molar-refractivity contribution in [2.75, 3.05) is 37.1 Å². The molecule has 2 aromatic carbocycles. The van der Waals surface area contributed by atoms with Gasteiger partial charge in [-0.2, -0.15) is 0 Å². The van der Waals surface area contributed by atoms with Crippen LogP contribution in [0.15, 0.2) is 58.3 Å². The van der Waals surface area contributed by atoms with Crippen molar-refractivity contribution in [3.8, 4) is 0 Å². The number of nitrogens with one attached hydrogen (secondary N) is 2. The second-order valence-corrected chi connectivity index (χ2v) is 18.2. The van der Waals surface area contributed by atoms with E-state index in [1.54, 1.807) is 48.5 Å². The van der Waals surface area contributed by atoms with E-state index in [4.69, 9.17) is 28.4 Å². The Labute approximate surface area is 384 Å². The van der Waals surface area contributed by atoms with E-state index in [1.165, 1.54) is 0 Å². The van der Waals surface area contributed by atoms with Crippen LogP contribution in [0.3, 0.4) is 0 Å². The largest absolute Gasteiger partial charge is 0.394 e. The van der Waals surface area contributed by atoms with Gasteiger partial charge in [0.25, 0.3) is 0 Å². The summed E-state index contributed by atoms with van der Waals surface area (Å²) in [5, 5.41) is 149. The summed E-state index contributed by atoms with van der Waals surface area (Å²) in [6.07, 6.45) is -28.6. The van der Waals surface area contributed by atoms with E-state index in [0.717, 1.165) is 23.5 Å². The third-order valence-corrected chi connectivity index (χ3v) is 13.6. The van der Waals surface area contributed by atoms with E-state index in [-0.39, 0.29) is 12.8 Å². The molecule has 0 bridgehead atoms. The van der Waals surface area contributed by atoms with Crippen LogP contribution >= 0.6 is 23.5 Å². The third kappa shape index (κ3) is 12.3. The molecule has 66 heavy (non-hydrogen) atoms. The Bertz CT molecular complexity index is 1720. The number of thioether (sulfide) groups is 2. The summed E-state index contributed by atoms with van der Waals surface area (Å²) < 4.78 is 33.4. The molecule has 0 aliphatic carbocycles. The van der Waals surface area contributed by atoms with Crippen molar-refractivity contribution in [3.05, 3.63) is 48.5 Å². The number of anilines is 2. The number of aliphatic hydroxyl groups is 14. The lowest BCUT2D eigenvalue weighted by Crippen LogP contribution is -2.64. The minimum absolute atomic E-state index is 0.183. The molecule has 0 aromatic heterocycles. The average Bonchev–Trinajstić information content (AvgIpc) is 3.31. The number of aliphatic hydroxyl groups excluding tert-OH is 14. The maximum atomic E-state index is 12.7. The molecule has 4 aliphatic rings. The predicted octanol–water partition coefficient (Wildman–Crippen LogP) is -5.52. The Hall–Kier alpha value is -2.72. The fourth-order valence-corrected chi connectivity index (χ4v) is 9.60. The zero-order valence-corrected chi connectivity index (χ0v) is 36.4. The van der Waals surface area contributed by atoms with Crippen LogP contribution in [0, 0.1) is 0 Å². The van der Waals surface area contributed by atoms with Crippen LogP contribution in [0.5, 0.6) is 0 Å². The highest BCUT2D eigenvalue weighted by Crippen LogP contribution is 2.38. The van der Waals surface area contributed by atoms with Gasteiger partial charge in [0.15, 0.2) is 12.6 Å². The van der Waals surface area contributed by atoms with E-state index >= 15 is 0 Å². The van der Waals surface area contributed by atoms with Crippen LogP contribution < -0.4 is 10.6 Å². The first-order valence-corrected chi connectivity index (χ1v) is 22.5. The number of hydrogen-bond donors (Lipinski definition) is 16. The first-order valence-electron chi connectivity index (χ1n) is 20.8. The molecule has 2 aromatic rings. The fraction of sp³-hybridized carbons (Fsp3) is 0.650. The summed E-state index contributed by atoms with van der Waals surface area (Å²) in [5.74, 6) is -0.948. The van der Waals surface area contributed by atoms with Crippen LogP contribution in [0.25, 0.3) is 0 Å². The highest BCUT2D eigenvalue weighted by molar-refractivity contribution is 8.00. The molecular weight excluding hydrogens is 925 g/mol. The number of hydrogen-bond acceptors (Lipinski definition) is 24. The zero-order valence-electron chi connectivity index (χ0n) is 34.8. The van der Waals surface area contributed by atoms with Gasteiger partial charge >= 0.3 is 0 Å². The number of ether oxygens (including phenoxy) is 6. The summed E-state index contributed by atoms with van der Waals surface area (Å²) in [7, 11) is 0. The van der Waals surface area contributed by atoms with Gasteiger partial charge in [-0.05, 0) is 48.5 Å². The summed E-state index contributed by atoms with van der Waals surface area (Å²) >= 11 is 1.97. The van der Waals surface area contributed by atoms with Crippen molar-refractivity contribution in [2.45, 2.75) is 144 Å². The Kier molecular flexibility index (Phi) is 18.9. The van der Waals surface area contributed by atoms with Gasteiger partial charge in [0, 0.05) is 34.0 Å². The Balaban J connectivity index is 0.927. The molecule has 370 valence electrons. The van der Waals surface area contributed by atoms with Gasteiger partial charge < -0.3 is 111 Å². The van der Waals surface area contributed by atoms with Crippen LogP contribution in [-0.4, -0.2) is 231 Å². The SMILES string of the molecule is O=C(CCC(=O)Nc1ccc(S[C@@H]2O[C@H](CO)[C@@H](O[C@@H]3O[C@H](CO)[C@@H](O)[C@H](O)[C@H]3O)[C@H](O)[C@H]2O)cc1)Nc1ccc(S[C@@H]2O[C@H](CO)[C@@H](O[C@@H]3O[C@H](CO)[C@@H](O)[C@H](O)[C@H]3O)[C@H](O)[C@H]2O)cc1. The van der Waals surface area contributed by atoms with Crippen molar-refractivity contribution >= 4 is 46.7 Å². The van der Waals surface area contributed by atoms with E-state index in [0.29, 0.717) is 21.2 Å². The topological polar surface area (TPSA) is 397 Å². The van der Waals surface area contributed by atoms with Crippen molar-refractivity contribution in [1.29, 1.82) is 0 Å². The Morgan fingerprint density at radius 1 is 0.439 bits per heavy atom. The molecule has 16 N–H and O–H groups in total. The van der Waals surface area contributed by atoms with E-state index in [9.17, 15) is 81.1 Å². The molecular formula is C40H56N2O22S2. The summed E-state index contributed by atoms with van der Waals surface area (Å²) in [4.78, 5) is 26.5. The minimum Gasteiger partial charge on any atom is -0.394 e. The molecule has 0 saturated carbocycles. The smallest absolute Gasteiger partial charge is 0.224 e. The monoisotopic (exact) mass is 980 g/mol. The molecule has 24 nitrogen and oxygen atoms in total. The van der Waals surface area contributed by atoms with E-state index in [2.05, 4.69) is 10.6 Å². The number of carbonyl (C=O) groups excluding carboxylic acids is 2. The van der Waals surface area contributed by atoms with Gasteiger partial charge in [0.1, 0.15) is 109 Å². The lowest BCUT2D eigenvalue weighted by Gasteiger charge is -2.46. The first kappa shape index (κ1) is 52.6. The quantitative estimate of drug-likeness (QED) is 0.0703. The molecule has 0 spiro atoms. The number of benzene rings is 2. The van der Waals surface area contributed by atoms with Gasteiger partial charge in [-0.3, -0.25) is 9.59 Å². The second-order valence-electron chi connectivity index (χ2n) is 15.9. The third-order valence-electron chi connectivity index (χ3n) is 11.3. The summed E-state index contributed by atoms with van der Waals surface area (Å²) in [6, 6.07) is 12.6. The molecule has 6 rings (SSSR count).